The lowest BCUT2D eigenvalue weighted by Gasteiger charge is -2.70. The van der Waals surface area contributed by atoms with Crippen molar-refractivity contribution in [1.82, 2.24) is 10.6 Å². The van der Waals surface area contributed by atoms with E-state index in [1.165, 1.54) is 42.5 Å². The van der Waals surface area contributed by atoms with Crippen LogP contribution in [-0.4, -0.2) is 46.9 Å². The molecule has 0 atom stereocenters. The minimum Gasteiger partial charge on any atom is -0.484 e. The number of alkyl halides is 2. The van der Waals surface area contributed by atoms with Crippen LogP contribution in [0.15, 0.2) is 42.5 Å². The normalized spacial score (nSPS) is 25.3. The number of amides is 2. The predicted octanol–water partition coefficient (Wildman–Crippen LogP) is 2.31. The molecule has 172 valence electrons. The second kappa shape index (κ2) is 7.06. The highest BCUT2D eigenvalue weighted by Gasteiger charge is 2.69. The van der Waals surface area contributed by atoms with Crippen LogP contribution in [-0.2, 0) is 4.79 Å². The highest BCUT2D eigenvalue weighted by atomic mass is 19.3. The lowest BCUT2D eigenvalue weighted by atomic mass is 9.44. The Morgan fingerprint density at radius 3 is 2.18 bits per heavy atom. The minimum absolute atomic E-state index is 0.0969. The van der Waals surface area contributed by atoms with E-state index in [9.17, 15) is 23.2 Å². The van der Waals surface area contributed by atoms with E-state index < -0.39 is 17.8 Å². The Bertz CT molecular complexity index is 1150. The van der Waals surface area contributed by atoms with Gasteiger partial charge in [0, 0.05) is 22.7 Å². The van der Waals surface area contributed by atoms with Crippen molar-refractivity contribution in [2.75, 3.05) is 6.61 Å². The number of fused-ring (bicyclic) bond motifs is 1. The molecule has 4 aliphatic rings. The topological polar surface area (TPSA) is 123 Å². The number of aromatic carboxylic acids is 1. The number of halogens is 2. The van der Waals surface area contributed by atoms with Crippen molar-refractivity contribution in [3.63, 3.8) is 0 Å². The molecule has 2 bridgehead atoms. The number of carbonyl (C=O) groups excluding carboxylic acids is 2. The van der Waals surface area contributed by atoms with E-state index in [1.54, 1.807) is 0 Å². The molecule has 2 aromatic carbocycles. The monoisotopic (exact) mass is 460 g/mol. The molecule has 0 unspecified atom stereocenters. The number of rotatable bonds is 7. The van der Waals surface area contributed by atoms with Gasteiger partial charge in [-0.3, -0.25) is 9.59 Å². The summed E-state index contributed by atoms with van der Waals surface area (Å²) in [6.45, 7) is -0.312. The molecule has 2 amide bonds. The Morgan fingerprint density at radius 2 is 1.52 bits per heavy atom. The molecule has 3 saturated carbocycles. The molecule has 11 heteroatoms. The van der Waals surface area contributed by atoms with Gasteiger partial charge in [0.15, 0.2) is 18.1 Å². The Labute approximate surface area is 185 Å². The molecule has 3 fully saturated rings. The van der Waals surface area contributed by atoms with E-state index in [2.05, 4.69) is 20.1 Å². The molecule has 33 heavy (non-hydrogen) atoms. The molecular weight excluding hydrogens is 442 g/mol. The van der Waals surface area contributed by atoms with Crippen LogP contribution in [0.2, 0.25) is 0 Å². The van der Waals surface area contributed by atoms with Crippen LogP contribution >= 0.6 is 0 Å². The van der Waals surface area contributed by atoms with E-state index in [1.807, 2.05) is 0 Å². The van der Waals surface area contributed by atoms with E-state index in [4.69, 9.17) is 9.84 Å². The van der Waals surface area contributed by atoms with Gasteiger partial charge in [-0.25, -0.2) is 4.79 Å². The number of benzene rings is 2. The average Bonchev–Trinajstić information content (AvgIpc) is 3.02. The number of ether oxygens (including phenoxy) is 3. The van der Waals surface area contributed by atoms with Crippen molar-refractivity contribution < 1.29 is 42.5 Å². The molecule has 3 N–H and O–H groups in total. The molecule has 1 heterocycles. The molecule has 0 aromatic heterocycles. The fourth-order valence-corrected chi connectivity index (χ4v) is 4.63. The van der Waals surface area contributed by atoms with Crippen LogP contribution in [0.4, 0.5) is 8.78 Å². The molecule has 0 saturated heterocycles. The zero-order chi connectivity index (χ0) is 23.4. The molecular formula is C22H18F2N2O7. The summed E-state index contributed by atoms with van der Waals surface area (Å²) in [5.74, 6) is -1.85. The van der Waals surface area contributed by atoms with Gasteiger partial charge in [-0.1, -0.05) is 0 Å². The number of carboxylic acid groups (broad SMARTS) is 1. The van der Waals surface area contributed by atoms with Gasteiger partial charge >= 0.3 is 12.3 Å². The highest BCUT2D eigenvalue weighted by molar-refractivity contribution is 5.96. The number of nitrogens with one attached hydrogen (secondary N) is 2. The van der Waals surface area contributed by atoms with Crippen LogP contribution in [0, 0.1) is 0 Å². The summed E-state index contributed by atoms with van der Waals surface area (Å²) < 4.78 is 40.2. The van der Waals surface area contributed by atoms with Crippen molar-refractivity contribution >= 4 is 17.8 Å². The quantitative estimate of drug-likeness (QED) is 0.579. The fourth-order valence-electron chi connectivity index (χ4n) is 4.63. The van der Waals surface area contributed by atoms with Crippen LogP contribution in [0.1, 0.15) is 40.0 Å². The van der Waals surface area contributed by atoms with E-state index >= 15 is 0 Å². The van der Waals surface area contributed by atoms with E-state index in [-0.39, 0.29) is 46.8 Å². The second-order valence-electron chi connectivity index (χ2n) is 8.54. The van der Waals surface area contributed by atoms with Gasteiger partial charge in [0.25, 0.3) is 11.8 Å². The standard InChI is InChI=1S/C22H18F2N2O7/c23-22(24)32-15-6-5-14(7-16(15)33-22)31-8-17(27)25-20-9-21(10-20,11-20)26-18(28)12-1-3-13(4-2-12)19(29)30/h1-7H,8-11H2,(H,25,27)(H,26,28)(H,29,30). The number of hydrogen-bond acceptors (Lipinski definition) is 6. The van der Waals surface area contributed by atoms with E-state index in [0.717, 1.165) is 0 Å². The van der Waals surface area contributed by atoms with Crippen molar-refractivity contribution in [3.05, 3.63) is 53.6 Å². The first-order valence-electron chi connectivity index (χ1n) is 10.1. The van der Waals surface area contributed by atoms with Gasteiger partial charge in [0.2, 0.25) is 0 Å². The maximum atomic E-state index is 13.1. The minimum atomic E-state index is -3.73. The van der Waals surface area contributed by atoms with Gasteiger partial charge < -0.3 is 30.0 Å². The highest BCUT2D eigenvalue weighted by Crippen LogP contribution is 2.60. The molecule has 9 nitrogen and oxygen atoms in total. The van der Waals surface area contributed by atoms with Gasteiger partial charge in [-0.15, -0.1) is 8.78 Å². The smallest absolute Gasteiger partial charge is 0.484 e. The summed E-state index contributed by atoms with van der Waals surface area (Å²) in [6.07, 6.45) is -2.01. The third-order valence-corrected chi connectivity index (χ3v) is 5.95. The summed E-state index contributed by atoms with van der Waals surface area (Å²) in [5.41, 5.74) is -0.339. The molecule has 3 aliphatic carbocycles. The zero-order valence-corrected chi connectivity index (χ0v) is 17.0. The summed E-state index contributed by atoms with van der Waals surface area (Å²) in [7, 11) is 0. The molecule has 1 aliphatic heterocycles. The molecule has 6 rings (SSSR count). The Balaban J connectivity index is 1.08. The summed E-state index contributed by atoms with van der Waals surface area (Å²) in [6, 6.07) is 9.53. The first kappa shape index (κ1) is 21.0. The Kier molecular flexibility index (Phi) is 4.49. The fraction of sp³-hybridized carbons (Fsp3) is 0.318. The van der Waals surface area contributed by atoms with Crippen molar-refractivity contribution in [2.45, 2.75) is 36.6 Å². The van der Waals surface area contributed by atoms with Crippen LogP contribution in [0.3, 0.4) is 0 Å². The van der Waals surface area contributed by atoms with Gasteiger partial charge in [-0.05, 0) is 55.7 Å². The summed E-state index contributed by atoms with van der Waals surface area (Å²) in [5, 5.41) is 14.8. The zero-order valence-electron chi connectivity index (χ0n) is 17.0. The Morgan fingerprint density at radius 1 is 0.909 bits per heavy atom. The maximum Gasteiger partial charge on any atom is 0.586 e. The van der Waals surface area contributed by atoms with Gasteiger partial charge in [-0.2, -0.15) is 0 Å². The maximum absolute atomic E-state index is 13.1. The summed E-state index contributed by atoms with van der Waals surface area (Å²) >= 11 is 0. The van der Waals surface area contributed by atoms with Gasteiger partial charge in [0.1, 0.15) is 5.75 Å². The lowest BCUT2D eigenvalue weighted by molar-refractivity contribution is -0.286. The van der Waals surface area contributed by atoms with Crippen LogP contribution in [0.25, 0.3) is 0 Å². The van der Waals surface area contributed by atoms with Crippen molar-refractivity contribution in [1.29, 1.82) is 0 Å². The summed E-state index contributed by atoms with van der Waals surface area (Å²) in [4.78, 5) is 35.6. The number of carbonyl (C=O) groups is 3. The number of hydrogen-bond donors (Lipinski definition) is 3. The van der Waals surface area contributed by atoms with Crippen molar-refractivity contribution in [2.24, 2.45) is 0 Å². The second-order valence-corrected chi connectivity index (χ2v) is 8.54. The molecule has 2 aromatic rings. The first-order chi connectivity index (χ1) is 15.6. The molecule has 0 spiro atoms. The number of carboxylic acids is 1. The third-order valence-electron chi connectivity index (χ3n) is 5.95. The average molecular weight is 460 g/mol. The first-order valence-corrected chi connectivity index (χ1v) is 10.1. The SMILES string of the molecule is O=C(COc1ccc2c(c1)OC(F)(F)O2)NC12CC(NC(=O)c3ccc(C(=O)O)cc3)(C1)C2. The van der Waals surface area contributed by atoms with Crippen LogP contribution < -0.4 is 24.8 Å². The largest absolute Gasteiger partial charge is 0.586 e. The van der Waals surface area contributed by atoms with E-state index in [0.29, 0.717) is 24.8 Å². The predicted molar refractivity (Wildman–Crippen MR) is 106 cm³/mol. The lowest BCUT2D eigenvalue weighted by Crippen LogP contribution is -2.84. The molecule has 0 radical (unpaired) electrons. The van der Waals surface area contributed by atoms with Gasteiger partial charge in [0.05, 0.1) is 5.56 Å². The van der Waals surface area contributed by atoms with Crippen LogP contribution in [0.5, 0.6) is 17.2 Å². The third kappa shape index (κ3) is 3.90. The Hall–Kier alpha value is -3.89. The van der Waals surface area contributed by atoms with Crippen molar-refractivity contribution in [3.8, 4) is 17.2 Å².